The number of sulfonamides is 1. The first-order chi connectivity index (χ1) is 15.5. The fraction of sp³-hybridized carbons (Fsp3) is 0.182. The largest absolute Gasteiger partial charge is 0.455 e. The normalized spacial score (nSPS) is 11.5. The van der Waals surface area contributed by atoms with Gasteiger partial charge in [-0.25, -0.2) is 13.8 Å². The van der Waals surface area contributed by atoms with Crippen molar-refractivity contribution in [2.45, 2.75) is 13.8 Å². The number of nitrogens with one attached hydrogen (secondary N) is 1. The van der Waals surface area contributed by atoms with Crippen LogP contribution in [0.2, 0.25) is 0 Å². The van der Waals surface area contributed by atoms with Crippen LogP contribution in [-0.2, 0) is 14.8 Å². The molecule has 172 valence electrons. The number of nitro benzene ring substituents is 1. The number of non-ortho nitro benzene ring substituents is 1. The van der Waals surface area contributed by atoms with Crippen LogP contribution in [0, 0.1) is 24.0 Å². The molecule has 0 fully saturated rings. The predicted molar refractivity (Wildman–Crippen MR) is 125 cm³/mol. The van der Waals surface area contributed by atoms with Gasteiger partial charge in [0, 0.05) is 17.7 Å². The highest BCUT2D eigenvalue weighted by atomic mass is 32.2. The summed E-state index contributed by atoms with van der Waals surface area (Å²) in [6, 6.07) is 14.4. The van der Waals surface area contributed by atoms with Crippen LogP contribution >= 0.6 is 0 Å². The number of hydrogen-bond acceptors (Lipinski definition) is 7. The molecule has 0 unspecified atom stereocenters. The minimum atomic E-state index is -3.70. The van der Waals surface area contributed by atoms with Crippen LogP contribution in [0.5, 0.6) is 0 Å². The number of furan rings is 1. The van der Waals surface area contributed by atoms with Gasteiger partial charge in [0.05, 0.1) is 23.1 Å². The molecule has 0 bridgehead atoms. The predicted octanol–water partition coefficient (Wildman–Crippen LogP) is 3.39. The number of aryl methyl sites for hydroxylation is 2. The second-order valence-electron chi connectivity index (χ2n) is 7.36. The number of carbonyl (C=O) groups is 1. The summed E-state index contributed by atoms with van der Waals surface area (Å²) in [6.45, 7) is 3.23. The average molecular weight is 471 g/mol. The Bertz CT molecular complexity index is 1310. The summed E-state index contributed by atoms with van der Waals surface area (Å²) in [4.78, 5) is 22.6. The van der Waals surface area contributed by atoms with Crippen LogP contribution in [0.15, 0.2) is 64.1 Å². The number of hydrogen-bond donors (Lipinski definition) is 1. The third-order valence-electron chi connectivity index (χ3n) is 4.68. The molecule has 1 N–H and O–H groups in total. The van der Waals surface area contributed by atoms with Crippen LogP contribution in [0.1, 0.15) is 16.9 Å². The van der Waals surface area contributed by atoms with Gasteiger partial charge in [0.1, 0.15) is 18.1 Å². The van der Waals surface area contributed by atoms with Crippen LogP contribution in [-0.4, -0.2) is 38.3 Å². The number of amides is 1. The van der Waals surface area contributed by atoms with Crippen LogP contribution in [0.4, 0.5) is 11.4 Å². The number of carbonyl (C=O) groups excluding carboxylic acids is 1. The zero-order valence-electron chi connectivity index (χ0n) is 18.2. The number of nitrogens with zero attached hydrogens (tertiary/aromatic N) is 3. The third-order valence-corrected chi connectivity index (χ3v) is 5.81. The second-order valence-corrected chi connectivity index (χ2v) is 9.27. The number of nitro groups is 1. The van der Waals surface area contributed by atoms with Crippen molar-refractivity contribution in [1.29, 1.82) is 0 Å². The van der Waals surface area contributed by atoms with E-state index >= 15 is 0 Å². The Hall–Kier alpha value is -3.99. The molecule has 0 saturated carbocycles. The monoisotopic (exact) mass is 470 g/mol. The van der Waals surface area contributed by atoms with Gasteiger partial charge in [-0.2, -0.15) is 5.10 Å². The fourth-order valence-electron chi connectivity index (χ4n) is 3.12. The highest BCUT2D eigenvalue weighted by molar-refractivity contribution is 7.92. The highest BCUT2D eigenvalue weighted by Crippen LogP contribution is 2.24. The molecule has 11 heteroatoms. The van der Waals surface area contributed by atoms with Crippen LogP contribution in [0.3, 0.4) is 0 Å². The van der Waals surface area contributed by atoms with Gasteiger partial charge in [-0.15, -0.1) is 0 Å². The van der Waals surface area contributed by atoms with E-state index in [9.17, 15) is 23.3 Å². The molecule has 0 saturated heterocycles. The summed E-state index contributed by atoms with van der Waals surface area (Å²) < 4.78 is 31.1. The zero-order chi connectivity index (χ0) is 24.2. The standard InChI is InChI=1S/C22H22N4O6S/c1-15-4-10-20(16(2)12-15)25(33(3,30)31)14-22(27)24-23-13-19-9-11-21(32-19)17-5-7-18(8-6-17)26(28)29/h4-13H,14H2,1-3H3,(H,24,27)/b23-13-. The maximum absolute atomic E-state index is 12.3. The van der Waals surface area contributed by atoms with Crippen molar-refractivity contribution in [3.63, 3.8) is 0 Å². The van der Waals surface area contributed by atoms with Crippen molar-refractivity contribution in [3.05, 3.63) is 81.6 Å². The Balaban J connectivity index is 1.66. The van der Waals surface area contributed by atoms with E-state index in [1.807, 2.05) is 13.0 Å². The molecule has 10 nitrogen and oxygen atoms in total. The quantitative estimate of drug-likeness (QED) is 0.305. The Labute approximate surface area is 190 Å². The van der Waals surface area contributed by atoms with Gasteiger partial charge in [0.15, 0.2) is 0 Å². The van der Waals surface area contributed by atoms with E-state index in [0.29, 0.717) is 22.8 Å². The Morgan fingerprint density at radius 2 is 1.85 bits per heavy atom. The molecule has 0 radical (unpaired) electrons. The molecular weight excluding hydrogens is 448 g/mol. The molecule has 0 aliphatic heterocycles. The summed E-state index contributed by atoms with van der Waals surface area (Å²) in [7, 11) is -3.70. The van der Waals surface area contributed by atoms with Crippen molar-refractivity contribution in [2.24, 2.45) is 5.10 Å². The minimum Gasteiger partial charge on any atom is -0.455 e. The van der Waals surface area contributed by atoms with E-state index in [4.69, 9.17) is 4.42 Å². The Kier molecular flexibility index (Phi) is 6.92. The lowest BCUT2D eigenvalue weighted by Gasteiger charge is -2.23. The van der Waals surface area contributed by atoms with Crippen LogP contribution in [0.25, 0.3) is 11.3 Å². The maximum Gasteiger partial charge on any atom is 0.269 e. The van der Waals surface area contributed by atoms with Crippen molar-refractivity contribution in [3.8, 4) is 11.3 Å². The summed E-state index contributed by atoms with van der Waals surface area (Å²) in [5.74, 6) is 0.174. The molecule has 0 atom stereocenters. The number of anilines is 1. The maximum atomic E-state index is 12.3. The van der Waals surface area contributed by atoms with E-state index in [1.165, 1.54) is 18.3 Å². The first-order valence-electron chi connectivity index (χ1n) is 9.76. The van der Waals surface area contributed by atoms with E-state index < -0.39 is 27.4 Å². The first kappa shape index (κ1) is 23.7. The number of rotatable bonds is 8. The molecule has 1 aromatic heterocycles. The van der Waals surface area contributed by atoms with Crippen LogP contribution < -0.4 is 9.73 Å². The van der Waals surface area contributed by atoms with Gasteiger partial charge in [-0.3, -0.25) is 19.2 Å². The lowest BCUT2D eigenvalue weighted by molar-refractivity contribution is -0.384. The van der Waals surface area contributed by atoms with E-state index in [2.05, 4.69) is 10.5 Å². The topological polar surface area (TPSA) is 135 Å². The second kappa shape index (κ2) is 9.65. The number of hydrazone groups is 1. The molecule has 1 amide bonds. The summed E-state index contributed by atoms with van der Waals surface area (Å²) >= 11 is 0. The lowest BCUT2D eigenvalue weighted by Crippen LogP contribution is -2.39. The minimum absolute atomic E-state index is 0.0289. The van der Waals surface area contributed by atoms with E-state index in [1.54, 1.807) is 43.3 Å². The molecular formula is C22H22N4O6S. The zero-order valence-corrected chi connectivity index (χ0v) is 19.0. The van der Waals surface area contributed by atoms with E-state index in [0.717, 1.165) is 21.7 Å². The smallest absolute Gasteiger partial charge is 0.269 e. The Morgan fingerprint density at radius 3 is 2.45 bits per heavy atom. The fourth-order valence-corrected chi connectivity index (χ4v) is 4.04. The van der Waals surface area contributed by atoms with Gasteiger partial charge in [0.2, 0.25) is 10.0 Å². The molecule has 2 aromatic carbocycles. The molecule has 0 aliphatic carbocycles. The van der Waals surface area contributed by atoms with Crippen molar-refractivity contribution < 1.29 is 22.6 Å². The van der Waals surface area contributed by atoms with Gasteiger partial charge in [0.25, 0.3) is 11.6 Å². The third kappa shape index (κ3) is 6.04. The van der Waals surface area contributed by atoms with Crippen molar-refractivity contribution >= 4 is 33.5 Å². The Morgan fingerprint density at radius 1 is 1.15 bits per heavy atom. The van der Waals surface area contributed by atoms with E-state index in [-0.39, 0.29) is 5.69 Å². The SMILES string of the molecule is Cc1ccc(N(CC(=O)N/N=C\c2ccc(-c3ccc([N+](=O)[O-])cc3)o2)S(C)(=O)=O)c(C)c1. The van der Waals surface area contributed by atoms with Gasteiger partial charge in [-0.05, 0) is 49.7 Å². The summed E-state index contributed by atoms with van der Waals surface area (Å²) in [5, 5.41) is 14.6. The average Bonchev–Trinajstić information content (AvgIpc) is 3.21. The molecule has 3 rings (SSSR count). The summed E-state index contributed by atoms with van der Waals surface area (Å²) in [6.07, 6.45) is 2.31. The molecule has 3 aromatic rings. The molecule has 0 spiro atoms. The van der Waals surface area contributed by atoms with Gasteiger partial charge < -0.3 is 4.42 Å². The molecule has 33 heavy (non-hydrogen) atoms. The number of benzene rings is 2. The molecule has 1 heterocycles. The van der Waals surface area contributed by atoms with Crippen molar-refractivity contribution in [1.82, 2.24) is 5.43 Å². The van der Waals surface area contributed by atoms with Gasteiger partial charge in [-0.1, -0.05) is 17.7 Å². The first-order valence-corrected chi connectivity index (χ1v) is 11.6. The highest BCUT2D eigenvalue weighted by Gasteiger charge is 2.22. The van der Waals surface area contributed by atoms with Crippen molar-refractivity contribution in [2.75, 3.05) is 17.1 Å². The lowest BCUT2D eigenvalue weighted by atomic mass is 10.1. The summed E-state index contributed by atoms with van der Waals surface area (Å²) in [5.41, 5.74) is 5.03. The molecule has 0 aliphatic rings. The van der Waals surface area contributed by atoms with Gasteiger partial charge >= 0.3 is 0 Å².